The molecule has 102 valence electrons. The molecule has 0 unspecified atom stereocenters. The van der Waals surface area contributed by atoms with Crippen LogP contribution in [0.3, 0.4) is 0 Å². The van der Waals surface area contributed by atoms with E-state index in [9.17, 15) is 14.9 Å². The first-order chi connectivity index (χ1) is 9.47. The van der Waals surface area contributed by atoms with E-state index in [0.717, 1.165) is 11.6 Å². The topological polar surface area (TPSA) is 93.6 Å². The first kappa shape index (κ1) is 13.5. The van der Waals surface area contributed by atoms with E-state index in [0.29, 0.717) is 17.1 Å². The van der Waals surface area contributed by atoms with Crippen molar-refractivity contribution in [1.82, 2.24) is 0 Å². The van der Waals surface area contributed by atoms with Gasteiger partial charge < -0.3 is 9.52 Å². The summed E-state index contributed by atoms with van der Waals surface area (Å²) in [5.41, 5.74) is 1.46. The minimum atomic E-state index is -1.06. The monoisotopic (exact) mass is 273 g/mol. The Bertz CT molecular complexity index is 699. The van der Waals surface area contributed by atoms with Crippen molar-refractivity contribution < 1.29 is 19.2 Å². The molecule has 0 aliphatic rings. The molecule has 1 aromatic heterocycles. The van der Waals surface area contributed by atoms with E-state index in [4.69, 9.17) is 9.52 Å². The van der Waals surface area contributed by atoms with Crippen LogP contribution in [0.1, 0.15) is 11.3 Å². The zero-order chi connectivity index (χ0) is 14.7. The van der Waals surface area contributed by atoms with E-state index in [2.05, 4.69) is 0 Å². The largest absolute Gasteiger partial charge is 0.478 e. The zero-order valence-corrected chi connectivity index (χ0v) is 10.6. The van der Waals surface area contributed by atoms with Gasteiger partial charge in [0.1, 0.15) is 11.5 Å². The number of nitro groups is 1. The van der Waals surface area contributed by atoms with Crippen LogP contribution in [0.2, 0.25) is 0 Å². The molecule has 1 heterocycles. The van der Waals surface area contributed by atoms with Crippen molar-refractivity contribution in [2.45, 2.75) is 6.92 Å². The Hall–Kier alpha value is -2.89. The van der Waals surface area contributed by atoms with Crippen molar-refractivity contribution in [3.05, 3.63) is 57.8 Å². The average molecular weight is 273 g/mol. The van der Waals surface area contributed by atoms with E-state index in [1.165, 1.54) is 18.2 Å². The van der Waals surface area contributed by atoms with Gasteiger partial charge in [0.15, 0.2) is 0 Å². The van der Waals surface area contributed by atoms with Crippen LogP contribution in [0, 0.1) is 17.0 Å². The number of aryl methyl sites for hydroxylation is 1. The third-order valence-electron chi connectivity index (χ3n) is 2.70. The summed E-state index contributed by atoms with van der Waals surface area (Å²) < 4.78 is 5.48. The molecular formula is C14H11NO5. The molecule has 0 bridgehead atoms. The molecule has 0 aliphatic carbocycles. The molecule has 6 heteroatoms. The standard InChI is InChI=1S/C14H11NO5/c1-9-8-10(15(18)19)2-5-12(9)13-6-3-11(20-13)4-7-14(16)17/h2-8H,1H3,(H,16,17). The molecule has 0 radical (unpaired) electrons. The first-order valence-electron chi connectivity index (χ1n) is 5.73. The lowest BCUT2D eigenvalue weighted by atomic mass is 10.1. The second kappa shape index (κ2) is 5.40. The van der Waals surface area contributed by atoms with Gasteiger partial charge in [0.05, 0.1) is 4.92 Å². The van der Waals surface area contributed by atoms with E-state index in [1.54, 1.807) is 25.1 Å². The molecule has 6 nitrogen and oxygen atoms in total. The predicted octanol–water partition coefficient (Wildman–Crippen LogP) is 3.26. The Balaban J connectivity index is 2.33. The summed E-state index contributed by atoms with van der Waals surface area (Å²) in [6.45, 7) is 1.75. The SMILES string of the molecule is Cc1cc([N+](=O)[O-])ccc1-c1ccc(C=CC(=O)O)o1. The molecule has 1 N–H and O–H groups in total. The van der Waals surface area contributed by atoms with E-state index >= 15 is 0 Å². The second-order valence-electron chi connectivity index (χ2n) is 4.13. The van der Waals surface area contributed by atoms with Gasteiger partial charge in [-0.05, 0) is 36.8 Å². The summed E-state index contributed by atoms with van der Waals surface area (Å²) in [6, 6.07) is 7.80. The van der Waals surface area contributed by atoms with Gasteiger partial charge in [0.25, 0.3) is 5.69 Å². The molecular weight excluding hydrogens is 262 g/mol. The Morgan fingerprint density at radius 2 is 2.10 bits per heavy atom. The van der Waals surface area contributed by atoms with Crippen LogP contribution in [-0.4, -0.2) is 16.0 Å². The van der Waals surface area contributed by atoms with E-state index in [-0.39, 0.29) is 5.69 Å². The normalized spacial score (nSPS) is 10.8. The first-order valence-corrected chi connectivity index (χ1v) is 5.73. The number of rotatable bonds is 4. The second-order valence-corrected chi connectivity index (χ2v) is 4.13. The quantitative estimate of drug-likeness (QED) is 0.524. The molecule has 0 amide bonds. The molecule has 0 atom stereocenters. The number of carboxylic acids is 1. The molecule has 0 spiro atoms. The van der Waals surface area contributed by atoms with Gasteiger partial charge in [-0.2, -0.15) is 0 Å². The number of furan rings is 1. The van der Waals surface area contributed by atoms with Crippen LogP contribution in [0.15, 0.2) is 40.8 Å². The molecule has 0 saturated carbocycles. The van der Waals surface area contributed by atoms with Crippen LogP contribution >= 0.6 is 0 Å². The smallest absolute Gasteiger partial charge is 0.328 e. The Kier molecular flexibility index (Phi) is 3.65. The maximum Gasteiger partial charge on any atom is 0.328 e. The van der Waals surface area contributed by atoms with Gasteiger partial charge in [-0.25, -0.2) is 4.79 Å². The number of hydrogen-bond acceptors (Lipinski definition) is 4. The maximum absolute atomic E-state index is 10.7. The maximum atomic E-state index is 10.7. The number of benzene rings is 1. The van der Waals surface area contributed by atoms with Gasteiger partial charge in [-0.3, -0.25) is 10.1 Å². The third-order valence-corrected chi connectivity index (χ3v) is 2.70. The summed E-state index contributed by atoms with van der Waals surface area (Å²) in [7, 11) is 0. The minimum absolute atomic E-state index is 0.0174. The molecule has 0 aliphatic heterocycles. The van der Waals surface area contributed by atoms with Crippen molar-refractivity contribution in [1.29, 1.82) is 0 Å². The highest BCUT2D eigenvalue weighted by Crippen LogP contribution is 2.28. The highest BCUT2D eigenvalue weighted by molar-refractivity contribution is 5.84. The van der Waals surface area contributed by atoms with Gasteiger partial charge in [0, 0.05) is 23.8 Å². The number of aliphatic carboxylic acids is 1. The third kappa shape index (κ3) is 2.92. The number of carboxylic acid groups (broad SMARTS) is 1. The van der Waals surface area contributed by atoms with Crippen molar-refractivity contribution in [2.75, 3.05) is 0 Å². The highest BCUT2D eigenvalue weighted by atomic mass is 16.6. The molecule has 1 aromatic carbocycles. The van der Waals surface area contributed by atoms with Crippen LogP contribution in [-0.2, 0) is 4.79 Å². The number of non-ortho nitro benzene ring substituents is 1. The summed E-state index contributed by atoms with van der Waals surface area (Å²) >= 11 is 0. The summed E-state index contributed by atoms with van der Waals surface area (Å²) in [5.74, 6) is -0.128. The van der Waals surface area contributed by atoms with Crippen molar-refractivity contribution >= 4 is 17.7 Å². The van der Waals surface area contributed by atoms with Crippen LogP contribution in [0.5, 0.6) is 0 Å². The molecule has 0 saturated heterocycles. The van der Waals surface area contributed by atoms with Crippen LogP contribution in [0.25, 0.3) is 17.4 Å². The molecule has 0 fully saturated rings. The molecule has 20 heavy (non-hydrogen) atoms. The van der Waals surface area contributed by atoms with Crippen molar-refractivity contribution in [3.63, 3.8) is 0 Å². The summed E-state index contributed by atoms with van der Waals surface area (Å²) in [5, 5.41) is 19.2. The van der Waals surface area contributed by atoms with Gasteiger partial charge in [-0.15, -0.1) is 0 Å². The minimum Gasteiger partial charge on any atom is -0.478 e. The fraction of sp³-hybridized carbons (Fsp3) is 0.0714. The van der Waals surface area contributed by atoms with Gasteiger partial charge in [0.2, 0.25) is 0 Å². The number of nitro benzene ring substituents is 1. The van der Waals surface area contributed by atoms with E-state index in [1.807, 2.05) is 0 Å². The number of hydrogen-bond donors (Lipinski definition) is 1. The Morgan fingerprint density at radius 3 is 2.70 bits per heavy atom. The predicted molar refractivity (Wildman–Crippen MR) is 72.2 cm³/mol. The van der Waals surface area contributed by atoms with Gasteiger partial charge >= 0.3 is 5.97 Å². The van der Waals surface area contributed by atoms with Crippen molar-refractivity contribution in [3.8, 4) is 11.3 Å². The summed E-state index contributed by atoms with van der Waals surface area (Å²) in [4.78, 5) is 20.6. The molecule has 2 aromatic rings. The number of nitrogens with zero attached hydrogens (tertiary/aromatic N) is 1. The van der Waals surface area contributed by atoms with Crippen LogP contribution < -0.4 is 0 Å². The van der Waals surface area contributed by atoms with Crippen LogP contribution in [0.4, 0.5) is 5.69 Å². The molecule has 2 rings (SSSR count). The van der Waals surface area contributed by atoms with E-state index < -0.39 is 10.9 Å². The Labute approximate surface area is 114 Å². The fourth-order valence-electron chi connectivity index (χ4n) is 1.78. The summed E-state index contributed by atoms with van der Waals surface area (Å²) in [6.07, 6.45) is 2.32. The lowest BCUT2D eigenvalue weighted by Gasteiger charge is -2.02. The zero-order valence-electron chi connectivity index (χ0n) is 10.6. The Morgan fingerprint density at radius 1 is 1.35 bits per heavy atom. The van der Waals surface area contributed by atoms with Gasteiger partial charge in [-0.1, -0.05) is 0 Å². The number of carbonyl (C=O) groups is 1. The highest BCUT2D eigenvalue weighted by Gasteiger charge is 2.11. The van der Waals surface area contributed by atoms with Crippen molar-refractivity contribution in [2.24, 2.45) is 0 Å². The average Bonchev–Trinajstić information content (AvgIpc) is 2.84. The lowest BCUT2D eigenvalue weighted by molar-refractivity contribution is -0.384. The lowest BCUT2D eigenvalue weighted by Crippen LogP contribution is -1.89. The fourth-order valence-corrected chi connectivity index (χ4v) is 1.78.